The monoisotopic (exact) mass is 278 g/mol. The van der Waals surface area contributed by atoms with Crippen molar-refractivity contribution in [2.45, 2.75) is 44.6 Å². The minimum absolute atomic E-state index is 0.149. The molecule has 6 heteroatoms. The normalized spacial score (nSPS) is 19.6. The highest BCUT2D eigenvalue weighted by Gasteiger charge is 2.43. The Morgan fingerprint density at radius 1 is 1.33 bits per heavy atom. The van der Waals surface area contributed by atoms with E-state index in [1.54, 1.807) is 11.4 Å². The topological polar surface area (TPSA) is 72.6 Å². The molecule has 1 aliphatic carbocycles. The molecule has 0 aromatic carbocycles. The molecule has 18 heavy (non-hydrogen) atoms. The zero-order chi connectivity index (χ0) is 13.6. The first kappa shape index (κ1) is 15.9. The average molecular weight is 278 g/mol. The molecule has 1 rings (SSSR count). The van der Waals surface area contributed by atoms with Crippen LogP contribution in [-0.2, 0) is 14.8 Å². The second kappa shape index (κ2) is 6.84. The maximum Gasteiger partial charge on any atom is 0.214 e. The maximum absolute atomic E-state index is 12.4. The fourth-order valence-corrected chi connectivity index (χ4v) is 4.86. The van der Waals surface area contributed by atoms with E-state index in [-0.39, 0.29) is 11.3 Å². The van der Waals surface area contributed by atoms with Crippen molar-refractivity contribution in [3.05, 3.63) is 0 Å². The van der Waals surface area contributed by atoms with Crippen LogP contribution in [0.3, 0.4) is 0 Å². The van der Waals surface area contributed by atoms with Gasteiger partial charge in [-0.1, -0.05) is 19.8 Å². The van der Waals surface area contributed by atoms with Gasteiger partial charge in [0.1, 0.15) is 0 Å². The molecule has 0 atom stereocenters. The number of nitrogens with two attached hydrogens (primary N) is 1. The smallest absolute Gasteiger partial charge is 0.214 e. The Morgan fingerprint density at radius 2 is 1.94 bits per heavy atom. The Labute approximate surface area is 111 Å². The van der Waals surface area contributed by atoms with Gasteiger partial charge in [-0.15, -0.1) is 0 Å². The number of sulfonamides is 1. The van der Waals surface area contributed by atoms with Gasteiger partial charge in [0.15, 0.2) is 0 Å². The van der Waals surface area contributed by atoms with E-state index in [9.17, 15) is 8.42 Å². The second-order valence-corrected chi connectivity index (χ2v) is 6.98. The van der Waals surface area contributed by atoms with Gasteiger partial charge in [-0.2, -0.15) is 4.31 Å². The molecule has 0 saturated heterocycles. The maximum atomic E-state index is 12.4. The van der Waals surface area contributed by atoms with E-state index < -0.39 is 10.0 Å². The van der Waals surface area contributed by atoms with Gasteiger partial charge in [0.2, 0.25) is 10.0 Å². The first-order chi connectivity index (χ1) is 8.52. The quantitative estimate of drug-likeness (QED) is 0.671. The lowest BCUT2D eigenvalue weighted by atomic mass is 9.98. The molecule has 0 aromatic rings. The van der Waals surface area contributed by atoms with Crippen molar-refractivity contribution >= 4 is 10.0 Å². The van der Waals surface area contributed by atoms with Crippen LogP contribution in [-0.4, -0.2) is 50.8 Å². The predicted octanol–water partition coefficient (Wildman–Crippen LogP) is 0.946. The van der Waals surface area contributed by atoms with Crippen LogP contribution in [0.25, 0.3) is 0 Å². The molecule has 5 nitrogen and oxygen atoms in total. The predicted molar refractivity (Wildman–Crippen MR) is 72.9 cm³/mol. The van der Waals surface area contributed by atoms with Crippen molar-refractivity contribution in [3.8, 4) is 0 Å². The molecule has 1 saturated carbocycles. The van der Waals surface area contributed by atoms with Gasteiger partial charge in [-0.05, 0) is 19.3 Å². The van der Waals surface area contributed by atoms with Gasteiger partial charge in [-0.25, -0.2) is 8.42 Å². The lowest BCUT2D eigenvalue weighted by Gasteiger charge is -2.39. The number of rotatable bonds is 8. The van der Waals surface area contributed by atoms with Crippen molar-refractivity contribution in [2.75, 3.05) is 32.6 Å². The van der Waals surface area contributed by atoms with Gasteiger partial charge >= 0.3 is 0 Å². The van der Waals surface area contributed by atoms with E-state index in [2.05, 4.69) is 0 Å². The molecular weight excluding hydrogens is 252 g/mol. The second-order valence-electron chi connectivity index (χ2n) is 4.96. The molecule has 0 spiro atoms. The third-order valence-corrected chi connectivity index (χ3v) is 5.94. The number of hydrogen-bond acceptors (Lipinski definition) is 4. The van der Waals surface area contributed by atoms with E-state index >= 15 is 0 Å². The first-order valence-electron chi connectivity index (χ1n) is 6.72. The zero-order valence-corrected chi connectivity index (χ0v) is 12.3. The van der Waals surface area contributed by atoms with Crippen molar-refractivity contribution in [1.82, 2.24) is 4.31 Å². The Balaban J connectivity index is 2.80. The van der Waals surface area contributed by atoms with Crippen LogP contribution in [0.1, 0.15) is 39.0 Å². The Hall–Kier alpha value is -0.170. The molecule has 2 N–H and O–H groups in total. The summed E-state index contributed by atoms with van der Waals surface area (Å²) >= 11 is 0. The van der Waals surface area contributed by atoms with Crippen LogP contribution in [0.15, 0.2) is 0 Å². The summed E-state index contributed by atoms with van der Waals surface area (Å²) in [5, 5.41) is 0. The minimum atomic E-state index is -3.23. The van der Waals surface area contributed by atoms with Gasteiger partial charge in [0.05, 0.1) is 5.75 Å². The Bertz CT molecular complexity index is 337. The van der Waals surface area contributed by atoms with Gasteiger partial charge < -0.3 is 10.5 Å². The molecular formula is C12H26N2O3S. The molecule has 0 unspecified atom stereocenters. The molecule has 0 radical (unpaired) electrons. The minimum Gasteiger partial charge on any atom is -0.385 e. The third kappa shape index (κ3) is 3.44. The van der Waals surface area contributed by atoms with E-state index in [1.807, 2.05) is 6.92 Å². The molecule has 0 heterocycles. The summed E-state index contributed by atoms with van der Waals surface area (Å²) in [5.41, 5.74) is 5.53. The molecule has 1 aliphatic rings. The SMILES string of the molecule is CCN(C1(CN)CCCC1)S(=O)(=O)CCCOC. The van der Waals surface area contributed by atoms with Crippen LogP contribution < -0.4 is 5.73 Å². The number of ether oxygens (including phenoxy) is 1. The fraction of sp³-hybridized carbons (Fsp3) is 1.00. The summed E-state index contributed by atoms with van der Waals surface area (Å²) in [4.78, 5) is 0. The lowest BCUT2D eigenvalue weighted by molar-refractivity contribution is 0.192. The summed E-state index contributed by atoms with van der Waals surface area (Å²) in [6, 6.07) is 0. The molecule has 0 aliphatic heterocycles. The van der Waals surface area contributed by atoms with E-state index in [1.165, 1.54) is 0 Å². The van der Waals surface area contributed by atoms with Crippen molar-refractivity contribution in [3.63, 3.8) is 0 Å². The summed E-state index contributed by atoms with van der Waals surface area (Å²) in [5.74, 6) is 0.149. The van der Waals surface area contributed by atoms with Crippen molar-refractivity contribution < 1.29 is 13.2 Å². The molecule has 108 valence electrons. The number of likely N-dealkylation sites (N-methyl/N-ethyl adjacent to an activating group) is 1. The lowest BCUT2D eigenvalue weighted by Crippen LogP contribution is -2.55. The Morgan fingerprint density at radius 3 is 2.39 bits per heavy atom. The highest BCUT2D eigenvalue weighted by atomic mass is 32.2. The van der Waals surface area contributed by atoms with E-state index in [0.717, 1.165) is 25.7 Å². The highest BCUT2D eigenvalue weighted by molar-refractivity contribution is 7.89. The number of nitrogens with zero attached hydrogens (tertiary/aromatic N) is 1. The van der Waals surface area contributed by atoms with Gasteiger partial charge in [0.25, 0.3) is 0 Å². The molecule has 1 fully saturated rings. The molecule has 0 amide bonds. The van der Waals surface area contributed by atoms with Gasteiger partial charge in [-0.3, -0.25) is 0 Å². The average Bonchev–Trinajstić information content (AvgIpc) is 2.79. The Kier molecular flexibility index (Phi) is 6.04. The fourth-order valence-electron chi connectivity index (χ4n) is 2.91. The molecule has 0 bridgehead atoms. The summed E-state index contributed by atoms with van der Waals surface area (Å²) in [6.45, 7) is 3.30. The van der Waals surface area contributed by atoms with Gasteiger partial charge in [0, 0.05) is 32.3 Å². The molecule has 0 aromatic heterocycles. The van der Waals surface area contributed by atoms with Crippen molar-refractivity contribution in [1.29, 1.82) is 0 Å². The largest absolute Gasteiger partial charge is 0.385 e. The van der Waals surface area contributed by atoms with Crippen LogP contribution in [0.4, 0.5) is 0 Å². The number of methoxy groups -OCH3 is 1. The zero-order valence-electron chi connectivity index (χ0n) is 11.5. The van der Waals surface area contributed by atoms with Crippen LogP contribution >= 0.6 is 0 Å². The standard InChI is InChI=1S/C12H26N2O3S/c1-3-14(12(11-13)7-4-5-8-12)18(15,16)10-6-9-17-2/h3-11,13H2,1-2H3. The van der Waals surface area contributed by atoms with Crippen LogP contribution in [0.5, 0.6) is 0 Å². The summed E-state index contributed by atoms with van der Waals surface area (Å²) < 4.78 is 31.4. The first-order valence-corrected chi connectivity index (χ1v) is 8.33. The van der Waals surface area contributed by atoms with Crippen LogP contribution in [0.2, 0.25) is 0 Å². The van der Waals surface area contributed by atoms with Crippen LogP contribution in [0, 0.1) is 0 Å². The highest BCUT2D eigenvalue weighted by Crippen LogP contribution is 2.36. The van der Waals surface area contributed by atoms with Crippen molar-refractivity contribution in [2.24, 2.45) is 5.73 Å². The third-order valence-electron chi connectivity index (χ3n) is 3.82. The summed E-state index contributed by atoms with van der Waals surface area (Å²) in [7, 11) is -1.64. The van der Waals surface area contributed by atoms with E-state index in [4.69, 9.17) is 10.5 Å². The van der Waals surface area contributed by atoms with E-state index in [0.29, 0.717) is 26.1 Å². The number of hydrogen-bond donors (Lipinski definition) is 1. The summed E-state index contributed by atoms with van der Waals surface area (Å²) in [6.07, 6.45) is 4.46.